The van der Waals surface area contributed by atoms with Gasteiger partial charge in [-0.1, -0.05) is 43.6 Å². The van der Waals surface area contributed by atoms with Crippen LogP contribution in [0, 0.1) is 17.2 Å². The van der Waals surface area contributed by atoms with Crippen molar-refractivity contribution in [2.45, 2.75) is 26.3 Å². The number of hydrogen-bond acceptors (Lipinski definition) is 5. The summed E-state index contributed by atoms with van der Waals surface area (Å²) in [5, 5.41) is 14.2. The summed E-state index contributed by atoms with van der Waals surface area (Å²) in [6.45, 7) is 3.77. The molecule has 31 heavy (non-hydrogen) atoms. The van der Waals surface area contributed by atoms with Gasteiger partial charge in [-0.2, -0.15) is 5.26 Å². The predicted octanol–water partition coefficient (Wildman–Crippen LogP) is 3.58. The Hall–Kier alpha value is -3.37. The van der Waals surface area contributed by atoms with E-state index < -0.39 is 23.8 Å². The van der Waals surface area contributed by atoms with Gasteiger partial charge in [-0.05, 0) is 42.2 Å². The quantitative estimate of drug-likeness (QED) is 0.480. The number of nitriles is 1. The summed E-state index contributed by atoms with van der Waals surface area (Å²) in [5.74, 6) is -1.08. The minimum Gasteiger partial charge on any atom is -0.465 e. The van der Waals surface area contributed by atoms with Crippen LogP contribution >= 0.6 is 11.6 Å². The van der Waals surface area contributed by atoms with Gasteiger partial charge in [-0.15, -0.1) is 0 Å². The fourth-order valence-electron chi connectivity index (χ4n) is 2.99. The number of esters is 1. The van der Waals surface area contributed by atoms with Gasteiger partial charge in [-0.3, -0.25) is 9.59 Å². The maximum absolute atomic E-state index is 12.6. The van der Waals surface area contributed by atoms with Crippen LogP contribution in [0.5, 0.6) is 0 Å². The van der Waals surface area contributed by atoms with Crippen LogP contribution in [0.1, 0.15) is 41.0 Å². The third-order valence-corrected chi connectivity index (χ3v) is 4.83. The summed E-state index contributed by atoms with van der Waals surface area (Å²) in [6.07, 6.45) is 0.448. The van der Waals surface area contributed by atoms with Crippen molar-refractivity contribution in [3.8, 4) is 17.2 Å². The average molecular weight is 442 g/mol. The zero-order valence-electron chi connectivity index (χ0n) is 17.6. The largest absolute Gasteiger partial charge is 0.465 e. The minimum atomic E-state index is -0.735. The topological polar surface area (TPSA) is 108 Å². The molecule has 2 N–H and O–H groups in total. The predicted molar refractivity (Wildman–Crippen MR) is 118 cm³/mol. The van der Waals surface area contributed by atoms with Crippen molar-refractivity contribution in [3.05, 3.63) is 58.6 Å². The van der Waals surface area contributed by atoms with E-state index in [2.05, 4.69) is 15.4 Å². The van der Waals surface area contributed by atoms with E-state index in [-0.39, 0.29) is 12.5 Å². The number of nitrogens with one attached hydrogen (secondary N) is 2. The molecule has 0 saturated carbocycles. The minimum absolute atomic E-state index is 0.118. The molecule has 0 aliphatic heterocycles. The van der Waals surface area contributed by atoms with E-state index in [9.17, 15) is 14.4 Å². The first-order valence-electron chi connectivity index (χ1n) is 9.70. The molecule has 2 amide bonds. The lowest BCUT2D eigenvalue weighted by atomic mass is 10.0. The molecule has 0 aliphatic carbocycles. The van der Waals surface area contributed by atoms with E-state index in [1.54, 1.807) is 36.4 Å². The lowest BCUT2D eigenvalue weighted by molar-refractivity contribution is -0.123. The van der Waals surface area contributed by atoms with Crippen LogP contribution < -0.4 is 10.6 Å². The Labute approximate surface area is 186 Å². The fourth-order valence-corrected chi connectivity index (χ4v) is 3.28. The smallest absolute Gasteiger partial charge is 0.337 e. The summed E-state index contributed by atoms with van der Waals surface area (Å²) >= 11 is 6.31. The highest BCUT2D eigenvalue weighted by molar-refractivity contribution is 6.33. The highest BCUT2D eigenvalue weighted by atomic mass is 35.5. The van der Waals surface area contributed by atoms with Crippen molar-refractivity contribution in [1.82, 2.24) is 10.6 Å². The van der Waals surface area contributed by atoms with Crippen LogP contribution in [0.3, 0.4) is 0 Å². The Balaban J connectivity index is 2.16. The highest BCUT2D eigenvalue weighted by Gasteiger charge is 2.22. The zero-order valence-corrected chi connectivity index (χ0v) is 18.3. The monoisotopic (exact) mass is 441 g/mol. The van der Waals surface area contributed by atoms with Gasteiger partial charge < -0.3 is 15.4 Å². The second kappa shape index (κ2) is 11.1. The maximum Gasteiger partial charge on any atom is 0.337 e. The number of nitrogens with zero attached hydrogens (tertiary/aromatic N) is 1. The first-order valence-corrected chi connectivity index (χ1v) is 10.1. The van der Waals surface area contributed by atoms with Crippen LogP contribution in [0.15, 0.2) is 42.5 Å². The molecule has 0 fully saturated rings. The third-order valence-electron chi connectivity index (χ3n) is 4.52. The number of amides is 2. The van der Waals surface area contributed by atoms with Crippen molar-refractivity contribution in [2.24, 2.45) is 5.92 Å². The molecule has 2 rings (SSSR count). The number of benzene rings is 2. The summed E-state index contributed by atoms with van der Waals surface area (Å²) < 4.78 is 4.69. The summed E-state index contributed by atoms with van der Waals surface area (Å²) in [4.78, 5) is 36.5. The van der Waals surface area contributed by atoms with Gasteiger partial charge in [0.2, 0.25) is 5.91 Å². The Morgan fingerprint density at radius 2 is 1.74 bits per heavy atom. The lowest BCUT2D eigenvalue weighted by Crippen LogP contribution is -2.47. The summed E-state index contributed by atoms with van der Waals surface area (Å²) in [7, 11) is 1.30. The van der Waals surface area contributed by atoms with Gasteiger partial charge in [0, 0.05) is 16.1 Å². The van der Waals surface area contributed by atoms with E-state index in [1.807, 2.05) is 19.9 Å². The number of hydrogen-bond donors (Lipinski definition) is 2. The molecule has 7 nitrogen and oxygen atoms in total. The number of halogens is 1. The zero-order chi connectivity index (χ0) is 23.0. The molecule has 0 aliphatic rings. The molecule has 162 valence electrons. The maximum atomic E-state index is 12.6. The molecule has 0 spiro atoms. The van der Waals surface area contributed by atoms with Crippen molar-refractivity contribution >= 4 is 29.4 Å². The Morgan fingerprint density at radius 3 is 2.29 bits per heavy atom. The average Bonchev–Trinajstić information content (AvgIpc) is 2.76. The molecular formula is C23H24ClN3O4. The van der Waals surface area contributed by atoms with E-state index in [1.165, 1.54) is 13.2 Å². The number of rotatable bonds is 8. The van der Waals surface area contributed by atoms with Gasteiger partial charge in [0.05, 0.1) is 18.7 Å². The summed E-state index contributed by atoms with van der Waals surface area (Å²) in [6, 6.07) is 12.7. The van der Waals surface area contributed by atoms with E-state index in [0.717, 1.165) is 5.56 Å². The molecule has 2 aromatic carbocycles. The number of methoxy groups -OCH3 is 1. The van der Waals surface area contributed by atoms with Crippen LogP contribution in [0.4, 0.5) is 0 Å². The van der Waals surface area contributed by atoms with Crippen LogP contribution in [-0.4, -0.2) is 37.5 Å². The molecule has 0 unspecified atom stereocenters. The van der Waals surface area contributed by atoms with E-state index in [4.69, 9.17) is 16.9 Å². The second-order valence-electron chi connectivity index (χ2n) is 7.30. The molecule has 0 aromatic heterocycles. The number of carbonyl (C=O) groups is 3. The molecule has 0 bridgehead atoms. The van der Waals surface area contributed by atoms with E-state index >= 15 is 0 Å². The van der Waals surface area contributed by atoms with Crippen molar-refractivity contribution in [1.29, 1.82) is 5.26 Å². The Kier molecular flexibility index (Phi) is 8.59. The standard InChI is InChI=1S/C23H24ClN3O4/c1-14(2)12-20(22(29)26-11-10-25)27-21(28)16-6-4-15(5-7-16)18-9-8-17(13-19(18)24)23(30)31-3/h4-9,13-14,20H,11-12H2,1-3H3,(H,26,29)(H,27,28)/t20-/m0/s1. The first-order chi connectivity index (χ1) is 14.8. The SMILES string of the molecule is COC(=O)c1ccc(-c2ccc(C(=O)N[C@@H](CC(C)C)C(=O)NCC#N)cc2)c(Cl)c1. The molecule has 1 atom stereocenters. The summed E-state index contributed by atoms with van der Waals surface area (Å²) in [5.41, 5.74) is 2.20. The third kappa shape index (κ3) is 6.56. The Bertz CT molecular complexity index is 997. The molecule has 0 heterocycles. The molecule has 8 heteroatoms. The molecule has 0 radical (unpaired) electrons. The van der Waals surface area contributed by atoms with Crippen LogP contribution in [0.2, 0.25) is 5.02 Å². The first kappa shape index (κ1) is 23.9. The molecule has 2 aromatic rings. The van der Waals surface area contributed by atoms with Gasteiger partial charge in [0.25, 0.3) is 5.91 Å². The van der Waals surface area contributed by atoms with Crippen LogP contribution in [-0.2, 0) is 9.53 Å². The van der Waals surface area contributed by atoms with Crippen LogP contribution in [0.25, 0.3) is 11.1 Å². The van der Waals surface area contributed by atoms with Crippen molar-refractivity contribution in [2.75, 3.05) is 13.7 Å². The van der Waals surface area contributed by atoms with E-state index in [0.29, 0.717) is 28.1 Å². The second-order valence-corrected chi connectivity index (χ2v) is 7.70. The normalized spacial score (nSPS) is 11.4. The fraction of sp³-hybridized carbons (Fsp3) is 0.304. The Morgan fingerprint density at radius 1 is 1.10 bits per heavy atom. The van der Waals surface area contributed by atoms with Gasteiger partial charge >= 0.3 is 5.97 Å². The van der Waals surface area contributed by atoms with Crippen molar-refractivity contribution in [3.63, 3.8) is 0 Å². The number of carbonyl (C=O) groups excluding carboxylic acids is 3. The molecule has 0 saturated heterocycles. The molecular weight excluding hydrogens is 418 g/mol. The highest BCUT2D eigenvalue weighted by Crippen LogP contribution is 2.29. The van der Waals surface area contributed by atoms with Gasteiger partial charge in [0.15, 0.2) is 0 Å². The van der Waals surface area contributed by atoms with Gasteiger partial charge in [0.1, 0.15) is 12.6 Å². The lowest BCUT2D eigenvalue weighted by Gasteiger charge is -2.19. The van der Waals surface area contributed by atoms with Gasteiger partial charge in [-0.25, -0.2) is 4.79 Å². The van der Waals surface area contributed by atoms with Crippen molar-refractivity contribution < 1.29 is 19.1 Å². The number of ether oxygens (including phenoxy) is 1.